The number of hydrogen-bond acceptors (Lipinski definition) is 7. The van der Waals surface area contributed by atoms with Crippen LogP contribution in [0.2, 0.25) is 0 Å². The smallest absolute Gasteiger partial charge is 0.307 e. The van der Waals surface area contributed by atoms with Crippen molar-refractivity contribution in [3.8, 4) is 11.5 Å². The van der Waals surface area contributed by atoms with Crippen LogP contribution in [0, 0.1) is 0 Å². The highest BCUT2D eigenvalue weighted by atomic mass is 32.2. The molecule has 8 heteroatoms. The van der Waals surface area contributed by atoms with Gasteiger partial charge in [0.25, 0.3) is 5.56 Å². The van der Waals surface area contributed by atoms with Crippen LogP contribution in [-0.4, -0.2) is 36.8 Å². The van der Waals surface area contributed by atoms with Gasteiger partial charge in [0, 0.05) is 17.9 Å². The molecule has 0 aliphatic heterocycles. The van der Waals surface area contributed by atoms with Crippen LogP contribution in [0.3, 0.4) is 0 Å². The van der Waals surface area contributed by atoms with E-state index < -0.39 is 0 Å². The van der Waals surface area contributed by atoms with Crippen molar-refractivity contribution < 1.29 is 19.0 Å². The summed E-state index contributed by atoms with van der Waals surface area (Å²) in [5, 5.41) is 1.04. The average molecular weight is 414 g/mol. The first-order valence-corrected chi connectivity index (χ1v) is 9.96. The van der Waals surface area contributed by atoms with E-state index >= 15 is 0 Å². The molecule has 0 aliphatic carbocycles. The Hall–Kier alpha value is -3.00. The molecule has 152 valence electrons. The highest BCUT2D eigenvalue weighted by Gasteiger charge is 2.14. The maximum atomic E-state index is 13.0. The number of esters is 1. The van der Waals surface area contributed by atoms with E-state index in [1.165, 1.54) is 23.4 Å². The van der Waals surface area contributed by atoms with Crippen molar-refractivity contribution in [3.63, 3.8) is 0 Å². The number of methoxy groups -OCH3 is 3. The standard InChI is InChI=1S/C21H22N2O5S/c1-26-15-8-9-18(27-2)14(12-15)13-29-21-22-17-7-5-4-6-16(17)20(25)23(21)11-10-19(24)28-3/h4-9,12H,10-11,13H2,1-3H3. The van der Waals surface area contributed by atoms with Crippen molar-refractivity contribution in [2.45, 2.75) is 23.9 Å². The first-order chi connectivity index (χ1) is 14.1. The number of benzene rings is 2. The van der Waals surface area contributed by atoms with Gasteiger partial charge in [0.15, 0.2) is 5.16 Å². The molecular weight excluding hydrogens is 392 g/mol. The van der Waals surface area contributed by atoms with Gasteiger partial charge in [-0.2, -0.15) is 0 Å². The molecule has 0 saturated carbocycles. The van der Waals surface area contributed by atoms with Crippen LogP contribution in [0.15, 0.2) is 52.4 Å². The summed E-state index contributed by atoms with van der Waals surface area (Å²) < 4.78 is 17.0. The van der Waals surface area contributed by atoms with Crippen molar-refractivity contribution in [3.05, 3.63) is 58.4 Å². The molecule has 0 fully saturated rings. The van der Waals surface area contributed by atoms with E-state index in [1.807, 2.05) is 24.3 Å². The third-order valence-electron chi connectivity index (χ3n) is 4.44. The predicted molar refractivity (Wildman–Crippen MR) is 112 cm³/mol. The summed E-state index contributed by atoms with van der Waals surface area (Å²) in [5.74, 6) is 1.58. The molecule has 7 nitrogen and oxygen atoms in total. The van der Waals surface area contributed by atoms with Crippen LogP contribution in [0.4, 0.5) is 0 Å². The van der Waals surface area contributed by atoms with Crippen molar-refractivity contribution >= 4 is 28.6 Å². The third kappa shape index (κ3) is 4.71. The van der Waals surface area contributed by atoms with Crippen molar-refractivity contribution in [1.29, 1.82) is 0 Å². The lowest BCUT2D eigenvalue weighted by atomic mass is 10.2. The van der Waals surface area contributed by atoms with Crippen LogP contribution >= 0.6 is 11.8 Å². The van der Waals surface area contributed by atoms with Gasteiger partial charge in [-0.15, -0.1) is 0 Å². The fraction of sp³-hybridized carbons (Fsp3) is 0.286. The van der Waals surface area contributed by atoms with E-state index in [0.717, 1.165) is 17.1 Å². The predicted octanol–water partition coefficient (Wildman–Crippen LogP) is 3.27. The van der Waals surface area contributed by atoms with Gasteiger partial charge >= 0.3 is 5.97 Å². The Bertz CT molecular complexity index is 1080. The zero-order valence-corrected chi connectivity index (χ0v) is 17.3. The van der Waals surface area contributed by atoms with Crippen molar-refractivity contribution in [2.75, 3.05) is 21.3 Å². The lowest BCUT2D eigenvalue weighted by Gasteiger charge is -2.14. The molecule has 1 heterocycles. The SMILES string of the molecule is COC(=O)CCn1c(SCc2cc(OC)ccc2OC)nc2ccccc2c1=O. The lowest BCUT2D eigenvalue weighted by molar-refractivity contribution is -0.140. The molecule has 0 radical (unpaired) electrons. The van der Waals surface area contributed by atoms with E-state index in [9.17, 15) is 9.59 Å². The van der Waals surface area contributed by atoms with Crippen molar-refractivity contribution in [2.24, 2.45) is 0 Å². The minimum Gasteiger partial charge on any atom is -0.497 e. The molecule has 0 atom stereocenters. The average Bonchev–Trinajstić information content (AvgIpc) is 2.76. The molecule has 2 aromatic carbocycles. The van der Waals surface area contributed by atoms with E-state index in [-0.39, 0.29) is 24.5 Å². The molecule has 0 bridgehead atoms. The fourth-order valence-corrected chi connectivity index (χ4v) is 3.90. The summed E-state index contributed by atoms with van der Waals surface area (Å²) >= 11 is 1.40. The van der Waals surface area contributed by atoms with Crippen LogP contribution in [0.5, 0.6) is 11.5 Å². The largest absolute Gasteiger partial charge is 0.497 e. The van der Waals surface area contributed by atoms with E-state index in [0.29, 0.717) is 21.8 Å². The maximum absolute atomic E-state index is 13.0. The van der Waals surface area contributed by atoms with E-state index in [2.05, 4.69) is 4.98 Å². The first kappa shape index (κ1) is 20.7. The summed E-state index contributed by atoms with van der Waals surface area (Å²) in [6, 6.07) is 12.7. The number of para-hydroxylation sites is 1. The van der Waals surface area contributed by atoms with Gasteiger partial charge in [0.05, 0.1) is 38.7 Å². The molecule has 0 aliphatic rings. The number of ether oxygens (including phenoxy) is 3. The molecule has 0 amide bonds. The van der Waals surface area contributed by atoms with Gasteiger partial charge in [0.2, 0.25) is 0 Å². The molecule has 0 unspecified atom stereocenters. The number of aromatic nitrogens is 2. The summed E-state index contributed by atoms with van der Waals surface area (Å²) in [7, 11) is 4.54. The minimum absolute atomic E-state index is 0.0897. The normalized spacial score (nSPS) is 10.7. The van der Waals surface area contributed by atoms with Gasteiger partial charge in [-0.05, 0) is 30.3 Å². The van der Waals surface area contributed by atoms with Gasteiger partial charge in [-0.3, -0.25) is 14.2 Å². The van der Waals surface area contributed by atoms with Gasteiger partial charge in [-0.25, -0.2) is 4.98 Å². The Kier molecular flexibility index (Phi) is 6.77. The van der Waals surface area contributed by atoms with Crippen LogP contribution in [0.25, 0.3) is 10.9 Å². The fourth-order valence-electron chi connectivity index (χ4n) is 2.90. The van der Waals surface area contributed by atoms with Gasteiger partial charge in [-0.1, -0.05) is 23.9 Å². The topological polar surface area (TPSA) is 79.7 Å². The summed E-state index contributed by atoms with van der Waals surface area (Å²) in [6.45, 7) is 0.195. The van der Waals surface area contributed by atoms with Crippen LogP contribution in [0.1, 0.15) is 12.0 Å². The molecule has 1 aromatic heterocycles. The van der Waals surface area contributed by atoms with Gasteiger partial charge < -0.3 is 14.2 Å². The number of fused-ring (bicyclic) bond motifs is 1. The molecule has 0 saturated heterocycles. The second-order valence-corrected chi connectivity index (χ2v) is 7.10. The maximum Gasteiger partial charge on any atom is 0.307 e. The number of thioether (sulfide) groups is 1. The Morgan fingerprint density at radius 2 is 1.90 bits per heavy atom. The lowest BCUT2D eigenvalue weighted by Crippen LogP contribution is -2.24. The van der Waals surface area contributed by atoms with E-state index in [4.69, 9.17) is 14.2 Å². The van der Waals surface area contributed by atoms with Crippen molar-refractivity contribution in [1.82, 2.24) is 9.55 Å². The molecule has 3 rings (SSSR count). The van der Waals surface area contributed by atoms with Gasteiger partial charge in [0.1, 0.15) is 11.5 Å². The highest BCUT2D eigenvalue weighted by molar-refractivity contribution is 7.98. The van der Waals surface area contributed by atoms with Crippen LogP contribution < -0.4 is 15.0 Å². The molecule has 0 N–H and O–H groups in total. The quantitative estimate of drug-likeness (QED) is 0.318. The Balaban J connectivity index is 1.97. The Morgan fingerprint density at radius 1 is 1.10 bits per heavy atom. The summed E-state index contributed by atoms with van der Waals surface area (Å²) in [5.41, 5.74) is 1.35. The zero-order chi connectivity index (χ0) is 20.8. The first-order valence-electron chi connectivity index (χ1n) is 8.97. The van der Waals surface area contributed by atoms with E-state index in [1.54, 1.807) is 32.4 Å². The Morgan fingerprint density at radius 3 is 2.62 bits per heavy atom. The second-order valence-electron chi connectivity index (χ2n) is 6.16. The van der Waals surface area contributed by atoms with Crippen LogP contribution in [-0.2, 0) is 21.8 Å². The summed E-state index contributed by atoms with van der Waals surface area (Å²) in [6.07, 6.45) is 0.0897. The number of carbonyl (C=O) groups excluding carboxylic acids is 1. The third-order valence-corrected chi connectivity index (χ3v) is 5.46. The Labute approximate surface area is 172 Å². The summed E-state index contributed by atoms with van der Waals surface area (Å²) in [4.78, 5) is 29.3. The number of nitrogens with zero attached hydrogens (tertiary/aromatic N) is 2. The molecule has 29 heavy (non-hydrogen) atoms. The minimum atomic E-state index is -0.379. The molecule has 3 aromatic rings. The number of carbonyl (C=O) groups is 1. The zero-order valence-electron chi connectivity index (χ0n) is 16.5. The number of rotatable bonds is 8. The monoisotopic (exact) mass is 414 g/mol. The second kappa shape index (κ2) is 9.47. The molecule has 0 spiro atoms. The highest BCUT2D eigenvalue weighted by Crippen LogP contribution is 2.30. The number of hydrogen-bond donors (Lipinski definition) is 0. The molecular formula is C21H22N2O5S.